The Morgan fingerprint density at radius 3 is 2.75 bits per heavy atom. The summed E-state index contributed by atoms with van der Waals surface area (Å²) in [6.45, 7) is 0.355. The molecule has 3 N–H and O–H groups in total. The second kappa shape index (κ2) is 7.28. The first kappa shape index (κ1) is 17.9. The normalized spacial score (nSPS) is 18.2. The quantitative estimate of drug-likeness (QED) is 0.684. The molecule has 1 fully saturated rings. The van der Waals surface area contributed by atoms with Gasteiger partial charge >= 0.3 is 0 Å². The molecule has 28 heavy (non-hydrogen) atoms. The van der Waals surface area contributed by atoms with Gasteiger partial charge in [-0.2, -0.15) is 5.10 Å². The van der Waals surface area contributed by atoms with Gasteiger partial charge in [-0.15, -0.1) is 0 Å². The summed E-state index contributed by atoms with van der Waals surface area (Å²) in [5, 5.41) is 8.42. The number of aryl methyl sites for hydroxylation is 1. The average Bonchev–Trinajstić information content (AvgIpc) is 3.21. The van der Waals surface area contributed by atoms with Crippen LogP contribution in [0.2, 0.25) is 0 Å². The first-order chi connectivity index (χ1) is 13.6. The van der Waals surface area contributed by atoms with Crippen molar-refractivity contribution in [1.82, 2.24) is 20.0 Å². The lowest BCUT2D eigenvalue weighted by Crippen LogP contribution is -2.29. The molecule has 4 rings (SSSR count). The number of rotatable bonds is 4. The summed E-state index contributed by atoms with van der Waals surface area (Å²) in [6.07, 6.45) is 3.64. The number of fused-ring (bicyclic) bond motifs is 1. The third-order valence-electron chi connectivity index (χ3n) is 4.87. The second-order valence-electron chi connectivity index (χ2n) is 6.75. The van der Waals surface area contributed by atoms with Crippen molar-refractivity contribution in [2.45, 2.75) is 6.04 Å². The Hall–Kier alpha value is -3.45. The molecule has 1 saturated heterocycles. The van der Waals surface area contributed by atoms with Crippen molar-refractivity contribution in [2.75, 3.05) is 13.6 Å². The van der Waals surface area contributed by atoms with Crippen molar-refractivity contribution >= 4 is 28.8 Å². The summed E-state index contributed by atoms with van der Waals surface area (Å²) < 4.78 is 1.82. The maximum atomic E-state index is 12.7. The number of nitrogens with zero attached hydrogens (tertiary/aromatic N) is 4. The Morgan fingerprint density at radius 1 is 1.21 bits per heavy atom. The Morgan fingerprint density at radius 2 is 2.00 bits per heavy atom. The highest BCUT2D eigenvalue weighted by Crippen LogP contribution is 2.21. The van der Waals surface area contributed by atoms with Crippen molar-refractivity contribution in [3.8, 4) is 0 Å². The minimum atomic E-state index is -0.218. The monoisotopic (exact) mass is 374 g/mol. The van der Waals surface area contributed by atoms with E-state index in [1.165, 1.54) is 4.90 Å². The van der Waals surface area contributed by atoms with Crippen LogP contribution in [0.3, 0.4) is 0 Å². The first-order valence-corrected chi connectivity index (χ1v) is 9.08. The number of hydrogen-bond acceptors (Lipinski definition) is 4. The van der Waals surface area contributed by atoms with Gasteiger partial charge in [0.15, 0.2) is 0 Å². The molecular weight excluding hydrogens is 352 g/mol. The van der Waals surface area contributed by atoms with E-state index in [0.717, 1.165) is 22.0 Å². The molecule has 1 aliphatic heterocycles. The number of aliphatic imine (C=N–C) groups is 1. The van der Waals surface area contributed by atoms with Crippen LogP contribution in [0.1, 0.15) is 17.2 Å². The fraction of sp³-hybridized carbons (Fsp3) is 0.190. The number of amides is 1. The highest BCUT2D eigenvalue weighted by atomic mass is 16.2. The number of nitrogens with two attached hydrogens (primary N) is 1. The summed E-state index contributed by atoms with van der Waals surface area (Å²) in [5.74, 6) is 0.367. The van der Waals surface area contributed by atoms with Gasteiger partial charge in [0.2, 0.25) is 5.96 Å². The zero-order valence-electron chi connectivity index (χ0n) is 15.8. The van der Waals surface area contributed by atoms with Gasteiger partial charge in [0, 0.05) is 26.0 Å². The molecular formula is C21H22N6O. The molecule has 3 aromatic rings. The molecule has 0 radical (unpaired) electrons. The third-order valence-corrected chi connectivity index (χ3v) is 4.87. The predicted octanol–water partition coefficient (Wildman–Crippen LogP) is 2.03. The van der Waals surface area contributed by atoms with E-state index in [-0.39, 0.29) is 11.9 Å². The summed E-state index contributed by atoms with van der Waals surface area (Å²) in [5.41, 5.74) is 9.37. The van der Waals surface area contributed by atoms with Crippen LogP contribution in [-0.2, 0) is 11.8 Å². The second-order valence-corrected chi connectivity index (χ2v) is 6.75. The average molecular weight is 374 g/mol. The maximum absolute atomic E-state index is 12.7. The molecule has 7 nitrogen and oxygen atoms in total. The smallest absolute Gasteiger partial charge is 0.276 e. The number of benzene rings is 2. The number of guanidine groups is 1. The number of aromatic nitrogens is 2. The number of hydrogen-bond donors (Lipinski definition) is 2. The van der Waals surface area contributed by atoms with Crippen molar-refractivity contribution in [1.29, 1.82) is 0 Å². The number of carbonyl (C=O) groups excluding carboxylic acids is 1. The molecule has 2 aromatic carbocycles. The van der Waals surface area contributed by atoms with E-state index in [1.807, 2.05) is 72.5 Å². The van der Waals surface area contributed by atoms with Gasteiger partial charge in [-0.3, -0.25) is 14.4 Å². The standard InChI is InChI=1S/C21H22N6O/c1-26-20(28)17(11-14-8-9-19-16(10-14)13-23-27(19)2)24-21(26)25-18(12-22)15-6-4-3-5-7-15/h3-11,13,18H,12,22H2,1-2H3,(H,24,25)/b17-11-/t18-/m0/s1. The fourth-order valence-corrected chi connectivity index (χ4v) is 3.28. The number of carbonyl (C=O) groups is 1. The predicted molar refractivity (Wildman–Crippen MR) is 110 cm³/mol. The van der Waals surface area contributed by atoms with E-state index >= 15 is 0 Å². The van der Waals surface area contributed by atoms with Crippen molar-refractivity contribution in [2.24, 2.45) is 17.8 Å². The lowest BCUT2D eigenvalue weighted by Gasteiger charge is -2.14. The summed E-state index contributed by atoms with van der Waals surface area (Å²) in [6, 6.07) is 15.6. The molecule has 7 heteroatoms. The van der Waals surface area contributed by atoms with Gasteiger partial charge < -0.3 is 11.1 Å². The molecule has 1 amide bonds. The van der Waals surface area contributed by atoms with E-state index in [2.05, 4.69) is 15.4 Å². The lowest BCUT2D eigenvalue weighted by atomic mass is 10.1. The minimum absolute atomic E-state index is 0.131. The molecule has 1 aliphatic rings. The summed E-state index contributed by atoms with van der Waals surface area (Å²) in [7, 11) is 3.61. The van der Waals surface area contributed by atoms with Crippen LogP contribution >= 0.6 is 0 Å². The van der Waals surface area contributed by atoms with E-state index in [4.69, 9.17) is 5.73 Å². The van der Waals surface area contributed by atoms with Gasteiger partial charge in [-0.25, -0.2) is 4.99 Å². The molecule has 0 unspecified atom stereocenters. The minimum Gasteiger partial charge on any atom is -0.328 e. The van der Waals surface area contributed by atoms with Gasteiger partial charge in [0.25, 0.3) is 5.91 Å². The highest BCUT2D eigenvalue weighted by molar-refractivity contribution is 6.15. The molecule has 2 heterocycles. The Balaban J connectivity index is 1.63. The summed E-state index contributed by atoms with van der Waals surface area (Å²) in [4.78, 5) is 18.8. The zero-order chi connectivity index (χ0) is 19.7. The largest absolute Gasteiger partial charge is 0.328 e. The van der Waals surface area contributed by atoms with Crippen LogP contribution < -0.4 is 11.1 Å². The van der Waals surface area contributed by atoms with E-state index in [1.54, 1.807) is 7.05 Å². The Bertz CT molecular complexity index is 1080. The van der Waals surface area contributed by atoms with Gasteiger partial charge in [0.1, 0.15) is 5.70 Å². The van der Waals surface area contributed by atoms with Crippen LogP contribution in [-0.4, -0.2) is 40.1 Å². The maximum Gasteiger partial charge on any atom is 0.276 e. The van der Waals surface area contributed by atoms with E-state index in [9.17, 15) is 4.79 Å². The molecule has 1 aromatic heterocycles. The van der Waals surface area contributed by atoms with E-state index in [0.29, 0.717) is 18.2 Å². The van der Waals surface area contributed by atoms with Crippen LogP contribution in [0.15, 0.2) is 65.4 Å². The molecule has 0 aliphatic carbocycles. The molecule has 0 spiro atoms. The third kappa shape index (κ3) is 3.27. The van der Waals surface area contributed by atoms with Crippen LogP contribution in [0.4, 0.5) is 0 Å². The summed E-state index contributed by atoms with van der Waals surface area (Å²) >= 11 is 0. The van der Waals surface area contributed by atoms with Crippen molar-refractivity contribution in [3.05, 3.63) is 71.6 Å². The van der Waals surface area contributed by atoms with Gasteiger partial charge in [-0.1, -0.05) is 36.4 Å². The SMILES string of the molecule is CN1C(=O)/C(=C/c2ccc3c(cnn3C)c2)NC1=N[C@@H](CN)c1ccccc1. The Labute approximate surface area is 163 Å². The van der Waals surface area contributed by atoms with Gasteiger partial charge in [-0.05, 0) is 29.3 Å². The molecule has 0 bridgehead atoms. The van der Waals surface area contributed by atoms with Crippen molar-refractivity contribution in [3.63, 3.8) is 0 Å². The fourth-order valence-electron chi connectivity index (χ4n) is 3.28. The van der Waals surface area contributed by atoms with Crippen molar-refractivity contribution < 1.29 is 4.79 Å². The molecule has 1 atom stereocenters. The van der Waals surface area contributed by atoms with Crippen LogP contribution in [0, 0.1) is 0 Å². The Kier molecular flexibility index (Phi) is 4.67. The van der Waals surface area contributed by atoms with E-state index < -0.39 is 0 Å². The highest BCUT2D eigenvalue weighted by Gasteiger charge is 2.29. The zero-order valence-corrected chi connectivity index (χ0v) is 15.8. The lowest BCUT2D eigenvalue weighted by molar-refractivity contribution is -0.121. The van der Waals surface area contributed by atoms with Gasteiger partial charge in [0.05, 0.1) is 17.8 Å². The van der Waals surface area contributed by atoms with Crippen LogP contribution in [0.25, 0.3) is 17.0 Å². The number of likely N-dealkylation sites (N-methyl/N-ethyl adjacent to an activating group) is 1. The molecule has 142 valence electrons. The number of nitrogens with one attached hydrogen (secondary N) is 1. The topological polar surface area (TPSA) is 88.5 Å². The first-order valence-electron chi connectivity index (χ1n) is 9.08. The van der Waals surface area contributed by atoms with Crippen LogP contribution in [0.5, 0.6) is 0 Å². The molecule has 0 saturated carbocycles.